The third-order valence-electron chi connectivity index (χ3n) is 2.20. The monoisotopic (exact) mass is 261 g/mol. The predicted molar refractivity (Wildman–Crippen MR) is 63.1 cm³/mol. The molecule has 0 spiro atoms. The Kier molecular flexibility index (Phi) is 4.55. The number of nitrogens with two attached hydrogens (primary N) is 2. The quantitative estimate of drug-likeness (QED) is 0.479. The number of hydrogen-bond acceptors (Lipinski definition) is 3. The van der Waals surface area contributed by atoms with Crippen LogP contribution in [0.2, 0.25) is 0 Å². The smallest absolute Gasteiger partial charge is 0.298 e. The van der Waals surface area contributed by atoms with Crippen LogP contribution < -0.4 is 11.5 Å². The lowest BCUT2D eigenvalue weighted by atomic mass is 10.1. The van der Waals surface area contributed by atoms with Crippen LogP contribution in [-0.4, -0.2) is 26.1 Å². The molecule has 0 aromatic heterocycles. The molecule has 0 aliphatic carbocycles. The van der Waals surface area contributed by atoms with E-state index in [-0.39, 0.29) is 18.1 Å². The van der Waals surface area contributed by atoms with E-state index in [1.165, 1.54) is 13.1 Å². The van der Waals surface area contributed by atoms with Gasteiger partial charge in [-0.2, -0.15) is 8.78 Å². The number of benzene rings is 1. The van der Waals surface area contributed by atoms with Gasteiger partial charge in [-0.3, -0.25) is 4.99 Å². The summed E-state index contributed by atoms with van der Waals surface area (Å²) in [5.74, 6) is -4.43. The summed E-state index contributed by atoms with van der Waals surface area (Å²) in [6.07, 6.45) is 0. The zero-order valence-corrected chi connectivity index (χ0v) is 9.79. The van der Waals surface area contributed by atoms with Crippen molar-refractivity contribution in [3.63, 3.8) is 0 Å². The van der Waals surface area contributed by atoms with Gasteiger partial charge >= 0.3 is 0 Å². The third kappa shape index (κ3) is 3.63. The molecule has 0 bridgehead atoms. The van der Waals surface area contributed by atoms with Gasteiger partial charge in [0.1, 0.15) is 24.9 Å². The average molecular weight is 261 g/mol. The van der Waals surface area contributed by atoms with E-state index in [9.17, 15) is 13.2 Å². The summed E-state index contributed by atoms with van der Waals surface area (Å²) in [4.78, 5) is 3.54. The van der Waals surface area contributed by atoms with Crippen molar-refractivity contribution in [3.05, 3.63) is 29.6 Å². The van der Waals surface area contributed by atoms with E-state index in [2.05, 4.69) is 9.73 Å². The molecule has 0 saturated carbocycles. The molecular weight excluding hydrogens is 247 g/mol. The maximum absolute atomic E-state index is 13.6. The van der Waals surface area contributed by atoms with Crippen molar-refractivity contribution < 1.29 is 17.9 Å². The first-order valence-electron chi connectivity index (χ1n) is 5.09. The molecule has 0 saturated heterocycles. The minimum Gasteiger partial charge on any atom is -0.399 e. The molecule has 4 nitrogen and oxygen atoms in total. The van der Waals surface area contributed by atoms with Gasteiger partial charge in [-0.15, -0.1) is 0 Å². The molecule has 1 aromatic rings. The first kappa shape index (κ1) is 14.3. The molecule has 0 aliphatic heterocycles. The maximum atomic E-state index is 13.6. The molecule has 0 unspecified atom stereocenters. The largest absolute Gasteiger partial charge is 0.399 e. The van der Waals surface area contributed by atoms with Gasteiger partial charge in [-0.25, -0.2) is 4.39 Å². The fourth-order valence-corrected chi connectivity index (χ4v) is 1.25. The van der Waals surface area contributed by atoms with Crippen LogP contribution >= 0.6 is 0 Å². The van der Waals surface area contributed by atoms with Crippen LogP contribution in [0.4, 0.5) is 18.9 Å². The molecule has 18 heavy (non-hydrogen) atoms. The highest BCUT2D eigenvalue weighted by atomic mass is 19.3. The Hall–Kier alpha value is -1.76. The highest BCUT2D eigenvalue weighted by Crippen LogP contribution is 2.31. The Morgan fingerprint density at radius 1 is 1.44 bits per heavy atom. The van der Waals surface area contributed by atoms with Crippen LogP contribution in [0.25, 0.3) is 0 Å². The van der Waals surface area contributed by atoms with Gasteiger partial charge in [0.2, 0.25) is 0 Å². The van der Waals surface area contributed by atoms with Gasteiger partial charge in [0.05, 0.1) is 5.56 Å². The van der Waals surface area contributed by atoms with E-state index >= 15 is 0 Å². The number of halogens is 3. The number of ether oxygens (including phenoxy) is 1. The zero-order chi connectivity index (χ0) is 13.8. The molecule has 100 valence electrons. The Morgan fingerprint density at radius 2 is 2.11 bits per heavy atom. The number of anilines is 1. The van der Waals surface area contributed by atoms with Gasteiger partial charge in [-0.05, 0) is 18.2 Å². The minimum absolute atomic E-state index is 0.0562. The Bertz CT molecular complexity index is 449. The van der Waals surface area contributed by atoms with Gasteiger partial charge in [-0.1, -0.05) is 0 Å². The van der Waals surface area contributed by atoms with Crippen molar-refractivity contribution in [2.24, 2.45) is 10.7 Å². The Balaban J connectivity index is 2.76. The summed E-state index contributed by atoms with van der Waals surface area (Å²) in [7, 11) is 1.41. The summed E-state index contributed by atoms with van der Waals surface area (Å²) < 4.78 is 45.3. The topological polar surface area (TPSA) is 73.6 Å². The average Bonchev–Trinajstić information content (AvgIpc) is 2.31. The van der Waals surface area contributed by atoms with Crippen molar-refractivity contribution >= 4 is 11.5 Å². The standard InChI is InChI=1S/C11H14F3N3O/c1-17-10(16)5-18-6-11(13,14)8-4-7(15)2-3-9(8)12/h2-4H,5-6,15H2,1H3,(H2,16,17). The number of aliphatic imine (C=N–C) groups is 1. The molecule has 0 amide bonds. The second-order valence-corrected chi connectivity index (χ2v) is 3.65. The number of alkyl halides is 2. The van der Waals surface area contributed by atoms with Gasteiger partial charge in [0.25, 0.3) is 5.92 Å². The van der Waals surface area contributed by atoms with Crippen molar-refractivity contribution in [1.82, 2.24) is 0 Å². The van der Waals surface area contributed by atoms with Crippen LogP contribution in [0.3, 0.4) is 0 Å². The van der Waals surface area contributed by atoms with Crippen LogP contribution in [0, 0.1) is 5.82 Å². The van der Waals surface area contributed by atoms with E-state index in [4.69, 9.17) is 11.5 Å². The van der Waals surface area contributed by atoms with E-state index in [0.717, 1.165) is 12.1 Å². The molecule has 1 rings (SSSR count). The fourth-order valence-electron chi connectivity index (χ4n) is 1.25. The van der Waals surface area contributed by atoms with E-state index in [1.807, 2.05) is 0 Å². The number of nitrogen functional groups attached to an aromatic ring is 1. The first-order chi connectivity index (χ1) is 8.36. The Morgan fingerprint density at radius 3 is 2.72 bits per heavy atom. The van der Waals surface area contributed by atoms with Gasteiger partial charge in [0.15, 0.2) is 0 Å². The number of nitrogens with zero attached hydrogens (tertiary/aromatic N) is 1. The summed E-state index contributed by atoms with van der Waals surface area (Å²) in [6, 6.07) is 2.98. The molecular formula is C11H14F3N3O. The molecule has 7 heteroatoms. The highest BCUT2D eigenvalue weighted by molar-refractivity contribution is 5.81. The minimum atomic E-state index is -3.48. The fraction of sp³-hybridized carbons (Fsp3) is 0.364. The molecule has 0 atom stereocenters. The summed E-state index contributed by atoms with van der Waals surface area (Å²) in [5.41, 5.74) is 9.88. The van der Waals surface area contributed by atoms with E-state index in [0.29, 0.717) is 0 Å². The normalized spacial score (nSPS) is 12.8. The van der Waals surface area contributed by atoms with Crippen LogP contribution in [0.5, 0.6) is 0 Å². The van der Waals surface area contributed by atoms with Crippen LogP contribution in [0.15, 0.2) is 23.2 Å². The maximum Gasteiger partial charge on any atom is 0.298 e. The molecule has 4 N–H and O–H groups in total. The number of hydrogen-bond donors (Lipinski definition) is 2. The lowest BCUT2D eigenvalue weighted by molar-refractivity contribution is -0.0775. The molecule has 1 aromatic carbocycles. The van der Waals surface area contributed by atoms with Gasteiger partial charge < -0.3 is 16.2 Å². The highest BCUT2D eigenvalue weighted by Gasteiger charge is 2.35. The second kappa shape index (κ2) is 5.72. The Labute approximate surface area is 102 Å². The van der Waals surface area contributed by atoms with Crippen molar-refractivity contribution in [2.45, 2.75) is 5.92 Å². The van der Waals surface area contributed by atoms with Crippen molar-refractivity contribution in [3.8, 4) is 0 Å². The predicted octanol–water partition coefficient (Wildman–Crippen LogP) is 1.50. The number of amidine groups is 1. The van der Waals surface area contributed by atoms with Crippen molar-refractivity contribution in [2.75, 3.05) is 26.0 Å². The summed E-state index contributed by atoms with van der Waals surface area (Å²) >= 11 is 0. The van der Waals surface area contributed by atoms with Crippen LogP contribution in [-0.2, 0) is 10.7 Å². The summed E-state index contributed by atoms with van der Waals surface area (Å²) in [6.45, 7) is -1.24. The van der Waals surface area contributed by atoms with Crippen molar-refractivity contribution in [1.29, 1.82) is 0 Å². The van der Waals surface area contributed by atoms with E-state index < -0.39 is 23.9 Å². The lowest BCUT2D eigenvalue weighted by Crippen LogP contribution is -2.27. The third-order valence-corrected chi connectivity index (χ3v) is 2.20. The molecule has 0 fully saturated rings. The molecule has 0 aliphatic rings. The summed E-state index contributed by atoms with van der Waals surface area (Å²) in [5, 5.41) is 0. The molecule has 0 radical (unpaired) electrons. The van der Waals surface area contributed by atoms with Gasteiger partial charge in [0, 0.05) is 12.7 Å². The van der Waals surface area contributed by atoms with Crippen LogP contribution in [0.1, 0.15) is 5.56 Å². The molecule has 0 heterocycles. The first-order valence-corrected chi connectivity index (χ1v) is 5.09. The SMILES string of the molecule is CN=C(N)COCC(F)(F)c1cc(N)ccc1F. The zero-order valence-electron chi connectivity index (χ0n) is 9.79. The number of rotatable bonds is 5. The second-order valence-electron chi connectivity index (χ2n) is 3.65. The lowest BCUT2D eigenvalue weighted by Gasteiger charge is -2.17. The van der Waals surface area contributed by atoms with E-state index in [1.54, 1.807) is 0 Å².